The van der Waals surface area contributed by atoms with Gasteiger partial charge in [0.15, 0.2) is 0 Å². The Balaban J connectivity index is 0. The Labute approximate surface area is 80.2 Å². The Kier molecular flexibility index (Phi) is 7.23. The number of aryl methyl sites for hydroxylation is 1. The van der Waals surface area contributed by atoms with Crippen LogP contribution in [0.15, 0.2) is 12.4 Å². The Hall–Kier alpha value is -0.414. The minimum atomic E-state index is -5.17. The van der Waals surface area contributed by atoms with Crippen LogP contribution in [0.25, 0.3) is 0 Å². The van der Waals surface area contributed by atoms with Crippen molar-refractivity contribution >= 4 is 10.4 Å². The summed E-state index contributed by atoms with van der Waals surface area (Å²) < 4.78 is 34.1. The average Bonchev–Trinajstić information content (AvgIpc) is 2.12. The zero-order chi connectivity index (χ0) is 8.91. The van der Waals surface area contributed by atoms with Crippen LogP contribution in [0.5, 0.6) is 0 Å². The quantitative estimate of drug-likeness (QED) is 0.477. The maximum atomic E-state index is 8.52. The second kappa shape index (κ2) is 6.14. The third-order valence-electron chi connectivity index (χ3n) is 0.635. The first-order valence-electron chi connectivity index (χ1n) is 2.52. The van der Waals surface area contributed by atoms with E-state index in [0.717, 1.165) is 5.82 Å². The summed E-state index contributed by atoms with van der Waals surface area (Å²) in [5.41, 5.74) is 0. The summed E-state index contributed by atoms with van der Waals surface area (Å²) in [5, 5.41) is 0. The van der Waals surface area contributed by atoms with E-state index in [9.17, 15) is 0 Å². The zero-order valence-electron chi connectivity index (χ0n) is 5.98. The predicted octanol–water partition coefficient (Wildman–Crippen LogP) is -0.622. The summed E-state index contributed by atoms with van der Waals surface area (Å²) in [4.78, 5) is 6.75. The van der Waals surface area contributed by atoms with E-state index in [0.29, 0.717) is 0 Å². The molecule has 12 heavy (non-hydrogen) atoms. The van der Waals surface area contributed by atoms with Gasteiger partial charge in [-0.05, 0) is 6.92 Å². The zero-order valence-corrected chi connectivity index (χ0v) is 7.83. The fraction of sp³-hybridized carbons (Fsp3) is 0.250. The molecule has 71 valence electrons. The molecule has 0 saturated carbocycles. The molecule has 0 bridgehead atoms. The van der Waals surface area contributed by atoms with E-state index in [1.165, 1.54) is 0 Å². The molecule has 1 radical (unpaired) electrons. The molecule has 1 N–H and O–H groups in total. The van der Waals surface area contributed by atoms with Crippen LogP contribution in [0.1, 0.15) is 5.82 Å². The molecule has 0 saturated heterocycles. The summed E-state index contributed by atoms with van der Waals surface area (Å²) in [6.07, 6.45) is 3.53. The number of H-pyrrole nitrogens is 1. The monoisotopic (exact) mass is 237 g/mol. The molecular weight excluding hydrogens is 231 g/mol. The van der Waals surface area contributed by atoms with Crippen molar-refractivity contribution in [1.29, 1.82) is 0 Å². The van der Waals surface area contributed by atoms with Gasteiger partial charge < -0.3 is 14.1 Å². The molecule has 1 heterocycles. The van der Waals surface area contributed by atoms with Crippen molar-refractivity contribution in [3.8, 4) is 0 Å². The minimum absolute atomic E-state index is 0. The van der Waals surface area contributed by atoms with Crippen LogP contribution in [-0.4, -0.2) is 27.5 Å². The topological polar surface area (TPSA) is 109 Å². The Bertz CT molecular complexity index is 274. The minimum Gasteiger partial charge on any atom is -0.759 e. The number of imidazole rings is 1. The van der Waals surface area contributed by atoms with Gasteiger partial charge in [0.1, 0.15) is 5.82 Å². The van der Waals surface area contributed by atoms with Crippen molar-refractivity contribution in [3.63, 3.8) is 0 Å². The molecule has 1 rings (SSSR count). The van der Waals surface area contributed by atoms with E-state index < -0.39 is 10.4 Å². The fourth-order valence-electron chi connectivity index (χ4n) is 0.344. The van der Waals surface area contributed by atoms with Crippen molar-refractivity contribution in [2.75, 3.05) is 0 Å². The molecule has 0 unspecified atom stereocenters. The van der Waals surface area contributed by atoms with Gasteiger partial charge in [0.2, 0.25) is 0 Å². The number of hydrogen-bond acceptors (Lipinski definition) is 5. The third-order valence-corrected chi connectivity index (χ3v) is 0.635. The molecule has 6 nitrogen and oxygen atoms in total. The van der Waals surface area contributed by atoms with Crippen molar-refractivity contribution in [2.45, 2.75) is 6.92 Å². The Morgan fingerprint density at radius 1 is 1.50 bits per heavy atom. The number of nitrogens with one attached hydrogen (secondary N) is 1. The molecule has 0 fully saturated rings. The summed E-state index contributed by atoms with van der Waals surface area (Å²) in [7, 11) is -5.17. The van der Waals surface area contributed by atoms with Crippen molar-refractivity contribution < 1.29 is 34.3 Å². The number of aromatic amines is 1. The number of rotatable bonds is 0. The van der Waals surface area contributed by atoms with Gasteiger partial charge in [-0.15, -0.1) is 0 Å². The first-order chi connectivity index (χ1) is 4.89. The maximum Gasteiger partial charge on any atom is 2.00 e. The Morgan fingerprint density at radius 3 is 2.00 bits per heavy atom. The van der Waals surface area contributed by atoms with E-state index in [2.05, 4.69) is 9.97 Å². The summed E-state index contributed by atoms with van der Waals surface area (Å²) >= 11 is 0. The average molecular weight is 237 g/mol. The standard InChI is InChI=1S/C4H6N2.Co.H2O4S/c1-4-5-2-3-6-4;;1-5(2,3)4/h2-3H,1H3,(H,5,6);;(H2,1,2,3,4)/q;+2;/p-2. The van der Waals surface area contributed by atoms with Gasteiger partial charge in [-0.25, -0.2) is 4.98 Å². The molecule has 0 aromatic carbocycles. The largest absolute Gasteiger partial charge is 2.00 e. The molecule has 8 heteroatoms. The molecule has 0 aliphatic heterocycles. The molecule has 0 amide bonds. The first-order valence-corrected chi connectivity index (χ1v) is 3.85. The maximum absolute atomic E-state index is 8.52. The smallest absolute Gasteiger partial charge is 0.759 e. The normalized spacial score (nSPS) is 9.25. The van der Waals surface area contributed by atoms with E-state index in [4.69, 9.17) is 17.5 Å². The van der Waals surface area contributed by atoms with Gasteiger partial charge >= 0.3 is 16.8 Å². The van der Waals surface area contributed by atoms with Crippen molar-refractivity contribution in [3.05, 3.63) is 18.2 Å². The molecule has 0 aliphatic rings. The molecule has 1 aromatic heterocycles. The van der Waals surface area contributed by atoms with Gasteiger partial charge in [0, 0.05) is 22.8 Å². The summed E-state index contributed by atoms with van der Waals surface area (Å²) in [5.74, 6) is 0.968. The van der Waals surface area contributed by atoms with Crippen molar-refractivity contribution in [2.24, 2.45) is 0 Å². The van der Waals surface area contributed by atoms with E-state index in [1.807, 2.05) is 6.92 Å². The van der Waals surface area contributed by atoms with Crippen LogP contribution in [0.2, 0.25) is 0 Å². The van der Waals surface area contributed by atoms with Crippen LogP contribution < -0.4 is 0 Å². The molecule has 0 aliphatic carbocycles. The summed E-state index contributed by atoms with van der Waals surface area (Å²) in [6.45, 7) is 1.92. The van der Waals surface area contributed by atoms with Crippen LogP contribution >= 0.6 is 0 Å². The molecular formula is C4H6CoN2O4S. The van der Waals surface area contributed by atoms with Gasteiger partial charge in [-0.1, -0.05) is 0 Å². The summed E-state index contributed by atoms with van der Waals surface area (Å²) in [6, 6.07) is 0. The van der Waals surface area contributed by atoms with Gasteiger partial charge in [-0.3, -0.25) is 8.42 Å². The van der Waals surface area contributed by atoms with E-state index >= 15 is 0 Å². The number of hydrogen-bond donors (Lipinski definition) is 1. The third kappa shape index (κ3) is 16.3. The fourth-order valence-corrected chi connectivity index (χ4v) is 0.344. The van der Waals surface area contributed by atoms with Crippen LogP contribution in [0, 0.1) is 6.92 Å². The van der Waals surface area contributed by atoms with Crippen molar-refractivity contribution in [1.82, 2.24) is 9.97 Å². The van der Waals surface area contributed by atoms with Crippen LogP contribution in [0.4, 0.5) is 0 Å². The van der Waals surface area contributed by atoms with Gasteiger partial charge in [-0.2, -0.15) is 0 Å². The number of aromatic nitrogens is 2. The second-order valence-electron chi connectivity index (χ2n) is 1.58. The Morgan fingerprint density at radius 2 is 1.92 bits per heavy atom. The van der Waals surface area contributed by atoms with E-state index in [1.54, 1.807) is 12.4 Å². The van der Waals surface area contributed by atoms with Gasteiger partial charge in [0.05, 0.1) is 0 Å². The molecule has 0 spiro atoms. The predicted molar refractivity (Wildman–Crippen MR) is 33.8 cm³/mol. The second-order valence-corrected chi connectivity index (χ2v) is 2.40. The van der Waals surface area contributed by atoms with E-state index in [-0.39, 0.29) is 16.8 Å². The SMILES string of the molecule is Cc1ncc[nH]1.O=S(=O)([O-])[O-].[Co+2]. The molecule has 1 aromatic rings. The van der Waals surface area contributed by atoms with Crippen LogP contribution in [-0.2, 0) is 27.2 Å². The molecule has 0 atom stereocenters. The van der Waals surface area contributed by atoms with Crippen LogP contribution in [0.3, 0.4) is 0 Å². The van der Waals surface area contributed by atoms with Gasteiger partial charge in [0.25, 0.3) is 0 Å². The number of nitrogens with zero attached hydrogens (tertiary/aromatic N) is 1. The first kappa shape index (κ1) is 14.1.